The number of carbonyl (C=O) groups excluding carboxylic acids is 4. The molecule has 2 aliphatic heterocycles. The lowest BCUT2D eigenvalue weighted by Crippen LogP contribution is -2.53. The number of aryl methyl sites for hydroxylation is 2. The molecule has 8 rings (SSSR count). The quantitative estimate of drug-likeness (QED) is 0.147. The third-order valence-corrected chi connectivity index (χ3v) is 12.3. The van der Waals surface area contributed by atoms with E-state index >= 15 is 4.79 Å². The minimum absolute atomic E-state index is 0.0876. The van der Waals surface area contributed by atoms with Crippen LogP contribution in [0.3, 0.4) is 0 Å². The highest BCUT2D eigenvalue weighted by Crippen LogP contribution is 2.64. The molecule has 270 valence electrons. The van der Waals surface area contributed by atoms with Crippen molar-refractivity contribution in [2.45, 2.75) is 44.4 Å². The zero-order valence-corrected chi connectivity index (χ0v) is 30.8. The van der Waals surface area contributed by atoms with E-state index in [1.807, 2.05) is 55.5 Å². The fraction of sp³-hybridized carbons (Fsp3) is 0.286. The Balaban J connectivity index is 1.32. The maximum Gasteiger partial charge on any atom is 0.260 e. The van der Waals surface area contributed by atoms with Crippen molar-refractivity contribution in [3.63, 3.8) is 0 Å². The second-order valence-electron chi connectivity index (χ2n) is 14.3. The molecule has 4 amide bonds. The third kappa shape index (κ3) is 5.27. The number of imide groups is 2. The predicted molar refractivity (Wildman–Crippen MR) is 202 cm³/mol. The van der Waals surface area contributed by atoms with Gasteiger partial charge in [-0.05, 0) is 103 Å². The first-order chi connectivity index (χ1) is 25.5. The van der Waals surface area contributed by atoms with Crippen molar-refractivity contribution in [1.82, 2.24) is 5.01 Å². The van der Waals surface area contributed by atoms with Gasteiger partial charge in [-0.25, -0.2) is 0 Å². The summed E-state index contributed by atoms with van der Waals surface area (Å²) in [5.41, 5.74) is 6.15. The molecule has 11 heteroatoms. The van der Waals surface area contributed by atoms with Crippen molar-refractivity contribution >= 4 is 58.2 Å². The lowest BCUT2D eigenvalue weighted by atomic mass is 9.49. The molecule has 6 unspecified atom stereocenters. The van der Waals surface area contributed by atoms with E-state index in [4.69, 9.17) is 27.9 Å². The zero-order valence-electron chi connectivity index (χ0n) is 29.3. The van der Waals surface area contributed by atoms with Crippen molar-refractivity contribution in [3.05, 3.63) is 129 Å². The summed E-state index contributed by atoms with van der Waals surface area (Å²) in [6.45, 7) is 3.82. The van der Waals surface area contributed by atoms with Gasteiger partial charge in [0.05, 0.1) is 46.7 Å². The van der Waals surface area contributed by atoms with Gasteiger partial charge in [-0.1, -0.05) is 78.2 Å². The average Bonchev–Trinajstić information content (AvgIpc) is 3.54. The first-order valence-corrected chi connectivity index (χ1v) is 18.5. The van der Waals surface area contributed by atoms with E-state index in [-0.39, 0.29) is 29.0 Å². The molecule has 0 spiro atoms. The van der Waals surface area contributed by atoms with Gasteiger partial charge in [0.15, 0.2) is 0 Å². The Morgan fingerprint density at radius 1 is 0.887 bits per heavy atom. The zero-order chi connectivity index (χ0) is 37.3. The van der Waals surface area contributed by atoms with E-state index in [9.17, 15) is 19.5 Å². The lowest BCUT2D eigenvalue weighted by molar-refractivity contribution is -0.138. The summed E-state index contributed by atoms with van der Waals surface area (Å²) in [6, 6.07) is 24.6. The smallest absolute Gasteiger partial charge is 0.260 e. The van der Waals surface area contributed by atoms with Crippen LogP contribution in [0.4, 0.5) is 11.4 Å². The van der Waals surface area contributed by atoms with Gasteiger partial charge in [-0.2, -0.15) is 5.01 Å². The normalized spacial score (nSPS) is 26.3. The minimum Gasteiger partial charge on any atom is -0.508 e. The number of hydrogen-bond acceptors (Lipinski definition) is 7. The van der Waals surface area contributed by atoms with Gasteiger partial charge in [-0.15, -0.1) is 0 Å². The van der Waals surface area contributed by atoms with Gasteiger partial charge >= 0.3 is 0 Å². The van der Waals surface area contributed by atoms with E-state index in [0.29, 0.717) is 45.3 Å². The second kappa shape index (κ2) is 13.1. The number of ether oxygens (including phenoxy) is 1. The molecular weight excluding hydrogens is 713 g/mol. The third-order valence-electron chi connectivity index (χ3n) is 11.7. The summed E-state index contributed by atoms with van der Waals surface area (Å²) in [5.74, 6) is -4.47. The Hall–Kier alpha value is -5.12. The highest BCUT2D eigenvalue weighted by Gasteiger charge is 2.70. The number of anilines is 2. The van der Waals surface area contributed by atoms with Crippen molar-refractivity contribution in [1.29, 1.82) is 0 Å². The summed E-state index contributed by atoms with van der Waals surface area (Å²) in [5, 5.41) is 12.3. The predicted octanol–water partition coefficient (Wildman–Crippen LogP) is 7.77. The molecule has 2 heterocycles. The molecule has 4 aliphatic rings. The van der Waals surface area contributed by atoms with Crippen LogP contribution in [-0.4, -0.2) is 40.9 Å². The number of phenols is 1. The van der Waals surface area contributed by atoms with Gasteiger partial charge in [0.1, 0.15) is 11.5 Å². The van der Waals surface area contributed by atoms with Crippen LogP contribution in [0.25, 0.3) is 0 Å². The highest BCUT2D eigenvalue weighted by molar-refractivity contribution is 6.36. The van der Waals surface area contributed by atoms with Crippen LogP contribution in [-0.2, 0) is 31.0 Å². The number of phenolic OH excluding ortho intramolecular Hbond substituents is 1. The topological polar surface area (TPSA) is 116 Å². The molecule has 9 nitrogen and oxygen atoms in total. The monoisotopic (exact) mass is 749 g/mol. The Morgan fingerprint density at radius 3 is 2.28 bits per heavy atom. The average molecular weight is 751 g/mol. The number of fused-ring (bicyclic) bond motifs is 4. The van der Waals surface area contributed by atoms with Gasteiger partial charge in [0.2, 0.25) is 11.8 Å². The second-order valence-corrected chi connectivity index (χ2v) is 15.1. The molecule has 53 heavy (non-hydrogen) atoms. The number of amides is 4. The summed E-state index contributed by atoms with van der Waals surface area (Å²) in [7, 11) is 1.56. The molecule has 4 aromatic carbocycles. The van der Waals surface area contributed by atoms with Crippen LogP contribution in [0, 0.1) is 30.6 Å². The highest BCUT2D eigenvalue weighted by atomic mass is 35.5. The fourth-order valence-electron chi connectivity index (χ4n) is 9.21. The molecule has 0 aromatic heterocycles. The number of benzene rings is 4. The molecule has 2 N–H and O–H groups in total. The Labute approximate surface area is 317 Å². The molecule has 2 saturated heterocycles. The van der Waals surface area contributed by atoms with E-state index in [0.717, 1.165) is 22.6 Å². The lowest BCUT2D eigenvalue weighted by Gasteiger charge is -2.50. The number of hydrogen-bond donors (Lipinski definition) is 2. The number of nitrogens with one attached hydrogen (secondary N) is 1. The minimum atomic E-state index is -1.49. The Morgan fingerprint density at radius 2 is 1.62 bits per heavy atom. The molecule has 3 fully saturated rings. The van der Waals surface area contributed by atoms with Gasteiger partial charge in [-0.3, -0.25) is 29.5 Å². The van der Waals surface area contributed by atoms with Gasteiger partial charge in [0, 0.05) is 10.9 Å². The molecule has 4 aromatic rings. The Kier molecular flexibility index (Phi) is 8.62. The molecular formula is C42H37Cl2N3O6. The Bertz CT molecular complexity index is 2220. The fourth-order valence-corrected chi connectivity index (χ4v) is 9.66. The van der Waals surface area contributed by atoms with Crippen LogP contribution in [0.1, 0.15) is 47.9 Å². The molecule has 0 bridgehead atoms. The molecule has 2 aliphatic carbocycles. The maximum absolute atomic E-state index is 15.4. The van der Waals surface area contributed by atoms with Crippen molar-refractivity contribution < 1.29 is 29.0 Å². The molecule has 1 saturated carbocycles. The van der Waals surface area contributed by atoms with E-state index in [1.165, 1.54) is 11.0 Å². The number of aromatic hydroxyl groups is 1. The van der Waals surface area contributed by atoms with Crippen molar-refractivity contribution in [3.8, 4) is 11.5 Å². The van der Waals surface area contributed by atoms with Crippen LogP contribution >= 0.6 is 23.2 Å². The summed E-state index contributed by atoms with van der Waals surface area (Å²) >= 11 is 12.7. The number of carbonyl (C=O) groups is 4. The number of nitrogens with zero attached hydrogens (tertiary/aromatic N) is 2. The first kappa shape index (κ1) is 34.9. The SMILES string of the molecule is CCc1ccc(N2C(=O)C3CC=C4C(CC5C(=O)N(Nc6ccc(Cl)cc6Cl)C(=O)C5(c5ccc(OC)cc5)C4c4ccc(O)c(C)c4)C3C2=O)cc1. The molecule has 6 atom stereocenters. The van der Waals surface area contributed by atoms with Crippen LogP contribution in [0.2, 0.25) is 10.0 Å². The van der Waals surface area contributed by atoms with Crippen LogP contribution < -0.4 is 15.1 Å². The van der Waals surface area contributed by atoms with Crippen LogP contribution in [0.15, 0.2) is 96.6 Å². The number of hydrazine groups is 1. The number of halogens is 2. The standard InChI is InChI=1S/C42H37Cl2N3O6/c1-4-23-5-11-27(12-6-23)46-38(49)30-16-15-29-31(36(30)40(46)51)21-32-39(50)47(45-34-17-10-26(43)20-33(34)44)41(52)42(32,25-8-13-28(53-3)14-9-25)37(29)24-7-18-35(48)22(2)19-24/h5-15,17-20,30-32,36-37,45,48H,4,16,21H2,1-3H3. The van der Waals surface area contributed by atoms with E-state index in [2.05, 4.69) is 5.43 Å². The number of rotatable bonds is 7. The number of allylic oxidation sites excluding steroid dienone is 2. The largest absolute Gasteiger partial charge is 0.508 e. The summed E-state index contributed by atoms with van der Waals surface area (Å²) < 4.78 is 5.48. The summed E-state index contributed by atoms with van der Waals surface area (Å²) in [4.78, 5) is 60.3. The molecule has 0 radical (unpaired) electrons. The summed E-state index contributed by atoms with van der Waals surface area (Å²) in [6.07, 6.45) is 3.28. The van der Waals surface area contributed by atoms with E-state index < -0.39 is 46.8 Å². The van der Waals surface area contributed by atoms with Crippen molar-refractivity contribution in [2.24, 2.45) is 23.7 Å². The van der Waals surface area contributed by atoms with E-state index in [1.54, 1.807) is 50.4 Å². The first-order valence-electron chi connectivity index (χ1n) is 17.7. The van der Waals surface area contributed by atoms with Crippen LogP contribution in [0.5, 0.6) is 11.5 Å². The van der Waals surface area contributed by atoms with Gasteiger partial charge < -0.3 is 9.84 Å². The maximum atomic E-state index is 15.4. The van der Waals surface area contributed by atoms with Crippen molar-refractivity contribution in [2.75, 3.05) is 17.4 Å². The number of methoxy groups -OCH3 is 1. The van der Waals surface area contributed by atoms with Gasteiger partial charge in [0.25, 0.3) is 11.8 Å².